The minimum atomic E-state index is -0.337. The zero-order valence-electron chi connectivity index (χ0n) is 10.3. The van der Waals surface area contributed by atoms with Gasteiger partial charge in [0.1, 0.15) is 23.9 Å². The molecular weight excluding hydrogens is 232 g/mol. The van der Waals surface area contributed by atoms with Crippen LogP contribution in [-0.2, 0) is 9.53 Å². The molecule has 0 spiro atoms. The summed E-state index contributed by atoms with van der Waals surface area (Å²) in [7, 11) is 1.54. The Morgan fingerprint density at radius 3 is 2.83 bits per heavy atom. The maximum atomic E-state index is 11.3. The summed E-state index contributed by atoms with van der Waals surface area (Å²) in [5.74, 6) is 1.43. The number of carbonyl (C=O) groups is 1. The summed E-state index contributed by atoms with van der Waals surface area (Å²) in [6, 6.07) is 5.48. The number of fused-ring (bicyclic) bond motifs is 1. The molecule has 1 heterocycles. The monoisotopic (exact) mass is 246 g/mol. The van der Waals surface area contributed by atoms with Crippen LogP contribution in [0.2, 0.25) is 0 Å². The number of aliphatic hydroxyl groups is 1. The molecule has 1 aliphatic rings. The zero-order chi connectivity index (χ0) is 13.1. The third-order valence-electron chi connectivity index (χ3n) is 2.75. The minimum absolute atomic E-state index is 0.238. The van der Waals surface area contributed by atoms with Crippen LogP contribution in [0.15, 0.2) is 29.7 Å². The van der Waals surface area contributed by atoms with E-state index in [1.165, 1.54) is 0 Å². The molecular formula is C14H14O4. The number of hydrogen-bond acceptors (Lipinski definition) is 4. The fourth-order valence-corrected chi connectivity index (χ4v) is 2.01. The van der Waals surface area contributed by atoms with Crippen LogP contribution in [-0.4, -0.2) is 25.1 Å². The van der Waals surface area contributed by atoms with Crippen LogP contribution in [0.4, 0.5) is 0 Å². The Balaban J connectivity index is 2.78. The Bertz CT molecular complexity index is 541. The summed E-state index contributed by atoms with van der Waals surface area (Å²) in [5, 5.41) is 9.31. The SMILES string of the molecule is COc1cccc2c1C(C=O)=C(CO)OC(C)=C2. The van der Waals surface area contributed by atoms with Crippen LogP contribution in [0.5, 0.6) is 5.75 Å². The molecule has 0 fully saturated rings. The molecule has 0 saturated heterocycles. The molecule has 0 saturated carbocycles. The van der Waals surface area contributed by atoms with Crippen LogP contribution < -0.4 is 4.74 Å². The summed E-state index contributed by atoms with van der Waals surface area (Å²) in [4.78, 5) is 11.3. The van der Waals surface area contributed by atoms with Gasteiger partial charge in [-0.05, 0) is 24.6 Å². The Labute approximate surface area is 105 Å². The van der Waals surface area contributed by atoms with E-state index in [0.29, 0.717) is 28.9 Å². The summed E-state index contributed by atoms with van der Waals surface area (Å²) >= 11 is 0. The Kier molecular flexibility index (Phi) is 3.48. The molecule has 0 radical (unpaired) electrons. The van der Waals surface area contributed by atoms with Gasteiger partial charge >= 0.3 is 0 Å². The minimum Gasteiger partial charge on any atom is -0.496 e. The highest BCUT2D eigenvalue weighted by Gasteiger charge is 2.20. The number of benzene rings is 1. The number of aliphatic hydroxyl groups excluding tert-OH is 1. The lowest BCUT2D eigenvalue weighted by molar-refractivity contribution is -0.103. The number of aldehydes is 1. The number of methoxy groups -OCH3 is 1. The molecule has 0 amide bonds. The molecule has 18 heavy (non-hydrogen) atoms. The molecule has 1 aliphatic heterocycles. The molecule has 4 nitrogen and oxygen atoms in total. The largest absolute Gasteiger partial charge is 0.496 e. The zero-order valence-corrected chi connectivity index (χ0v) is 10.3. The molecule has 0 aliphatic carbocycles. The first kappa shape index (κ1) is 12.4. The Morgan fingerprint density at radius 1 is 1.44 bits per heavy atom. The van der Waals surface area contributed by atoms with Gasteiger partial charge in [0.2, 0.25) is 0 Å². The number of carbonyl (C=O) groups excluding carboxylic acids is 1. The van der Waals surface area contributed by atoms with Gasteiger partial charge in [0, 0.05) is 5.56 Å². The van der Waals surface area contributed by atoms with E-state index in [1.54, 1.807) is 20.1 Å². The van der Waals surface area contributed by atoms with Gasteiger partial charge in [-0.15, -0.1) is 0 Å². The van der Waals surface area contributed by atoms with E-state index in [4.69, 9.17) is 9.47 Å². The normalized spacial score (nSPS) is 14.3. The standard InChI is InChI=1S/C14H14O4/c1-9-6-10-4-3-5-12(17-2)14(10)11(7-15)13(8-16)18-9/h3-7,16H,8H2,1-2H3. The molecule has 94 valence electrons. The van der Waals surface area contributed by atoms with Gasteiger partial charge in [-0.3, -0.25) is 4.79 Å². The second-order valence-electron chi connectivity index (χ2n) is 3.89. The molecule has 1 aromatic rings. The van der Waals surface area contributed by atoms with Crippen molar-refractivity contribution in [2.45, 2.75) is 6.92 Å². The van der Waals surface area contributed by atoms with Crippen molar-refractivity contribution >= 4 is 17.9 Å². The quantitative estimate of drug-likeness (QED) is 0.829. The second kappa shape index (κ2) is 5.06. The molecule has 0 unspecified atom stereocenters. The van der Waals surface area contributed by atoms with Crippen molar-refractivity contribution in [3.63, 3.8) is 0 Å². The van der Waals surface area contributed by atoms with Crippen LogP contribution in [0, 0.1) is 0 Å². The van der Waals surface area contributed by atoms with Crippen molar-refractivity contribution in [1.82, 2.24) is 0 Å². The van der Waals surface area contributed by atoms with E-state index < -0.39 is 0 Å². The lowest BCUT2D eigenvalue weighted by atomic mass is 9.98. The average Bonchev–Trinajstić information content (AvgIpc) is 2.53. The Hall–Kier alpha value is -2.07. The van der Waals surface area contributed by atoms with E-state index >= 15 is 0 Å². The number of rotatable bonds is 3. The fraction of sp³-hybridized carbons (Fsp3) is 0.214. The van der Waals surface area contributed by atoms with Crippen LogP contribution >= 0.6 is 0 Å². The predicted octanol–water partition coefficient (Wildman–Crippen LogP) is 1.99. The van der Waals surface area contributed by atoms with Crippen molar-refractivity contribution in [3.8, 4) is 5.75 Å². The summed E-state index contributed by atoms with van der Waals surface area (Å²) in [5.41, 5.74) is 1.80. The number of ether oxygens (including phenoxy) is 2. The van der Waals surface area contributed by atoms with Crippen molar-refractivity contribution in [2.75, 3.05) is 13.7 Å². The van der Waals surface area contributed by atoms with Crippen molar-refractivity contribution in [1.29, 1.82) is 0 Å². The lowest BCUT2D eigenvalue weighted by Gasteiger charge is -2.12. The van der Waals surface area contributed by atoms with Gasteiger partial charge in [-0.1, -0.05) is 12.1 Å². The van der Waals surface area contributed by atoms with Crippen LogP contribution in [0.25, 0.3) is 11.6 Å². The maximum Gasteiger partial charge on any atom is 0.154 e. The van der Waals surface area contributed by atoms with E-state index in [-0.39, 0.29) is 12.4 Å². The van der Waals surface area contributed by atoms with Crippen LogP contribution in [0.1, 0.15) is 18.1 Å². The summed E-state index contributed by atoms with van der Waals surface area (Å²) in [6.45, 7) is 1.43. The first-order chi connectivity index (χ1) is 8.71. The molecule has 2 rings (SSSR count). The fourth-order valence-electron chi connectivity index (χ4n) is 2.01. The van der Waals surface area contributed by atoms with Gasteiger partial charge in [0.05, 0.1) is 12.7 Å². The predicted molar refractivity (Wildman–Crippen MR) is 67.8 cm³/mol. The van der Waals surface area contributed by atoms with Gasteiger partial charge in [-0.25, -0.2) is 0 Å². The number of hydrogen-bond donors (Lipinski definition) is 1. The smallest absolute Gasteiger partial charge is 0.154 e. The topological polar surface area (TPSA) is 55.8 Å². The van der Waals surface area contributed by atoms with E-state index in [1.807, 2.05) is 18.2 Å². The van der Waals surface area contributed by atoms with Gasteiger partial charge < -0.3 is 14.6 Å². The van der Waals surface area contributed by atoms with Crippen molar-refractivity contribution in [3.05, 3.63) is 40.8 Å². The molecule has 1 aromatic carbocycles. The molecule has 0 aromatic heterocycles. The van der Waals surface area contributed by atoms with Crippen LogP contribution in [0.3, 0.4) is 0 Å². The number of allylic oxidation sites excluding steroid dienone is 2. The van der Waals surface area contributed by atoms with E-state index in [2.05, 4.69) is 0 Å². The second-order valence-corrected chi connectivity index (χ2v) is 3.89. The van der Waals surface area contributed by atoms with E-state index in [0.717, 1.165) is 5.56 Å². The Morgan fingerprint density at radius 2 is 2.22 bits per heavy atom. The van der Waals surface area contributed by atoms with Gasteiger partial charge in [0.25, 0.3) is 0 Å². The third-order valence-corrected chi connectivity index (χ3v) is 2.75. The molecule has 1 N–H and O–H groups in total. The average molecular weight is 246 g/mol. The highest BCUT2D eigenvalue weighted by molar-refractivity contribution is 6.10. The van der Waals surface area contributed by atoms with Crippen molar-refractivity contribution < 1.29 is 19.4 Å². The van der Waals surface area contributed by atoms with Gasteiger partial charge in [0.15, 0.2) is 6.29 Å². The van der Waals surface area contributed by atoms with E-state index in [9.17, 15) is 9.90 Å². The molecule has 0 atom stereocenters. The third kappa shape index (κ3) is 2.02. The highest BCUT2D eigenvalue weighted by atomic mass is 16.5. The maximum absolute atomic E-state index is 11.3. The first-order valence-corrected chi connectivity index (χ1v) is 5.54. The lowest BCUT2D eigenvalue weighted by Crippen LogP contribution is -2.02. The molecule has 4 heteroatoms. The summed E-state index contributed by atoms with van der Waals surface area (Å²) < 4.78 is 10.7. The van der Waals surface area contributed by atoms with Gasteiger partial charge in [-0.2, -0.15) is 0 Å². The van der Waals surface area contributed by atoms with Crippen molar-refractivity contribution in [2.24, 2.45) is 0 Å². The summed E-state index contributed by atoms with van der Waals surface area (Å²) in [6.07, 6.45) is 2.49. The highest BCUT2D eigenvalue weighted by Crippen LogP contribution is 2.35. The molecule has 0 bridgehead atoms. The first-order valence-electron chi connectivity index (χ1n) is 5.54.